The van der Waals surface area contributed by atoms with Crippen molar-refractivity contribution in [2.45, 2.75) is 0 Å². The largest absolute Gasteiger partial charge is 0.348 e. The summed E-state index contributed by atoms with van der Waals surface area (Å²) in [6.45, 7) is 0. The van der Waals surface area contributed by atoms with Crippen molar-refractivity contribution >= 4 is 11.9 Å². The minimum Gasteiger partial charge on any atom is -0.348 e. The Morgan fingerprint density at radius 1 is 0.643 bits per heavy atom. The SMILES string of the molecule is CN(C)C(=N)N(C)N(C)C(=N)N(C)C. The first-order chi connectivity index (χ1) is 6.29. The summed E-state index contributed by atoms with van der Waals surface area (Å²) >= 11 is 0. The average Bonchev–Trinajstić information content (AvgIpc) is 2.12. The molecule has 6 heteroatoms. The molecule has 2 N–H and O–H groups in total. The van der Waals surface area contributed by atoms with Crippen LogP contribution < -0.4 is 0 Å². The van der Waals surface area contributed by atoms with Crippen molar-refractivity contribution in [3.8, 4) is 0 Å². The lowest BCUT2D eigenvalue weighted by Crippen LogP contribution is -2.52. The minimum absolute atomic E-state index is 0.333. The van der Waals surface area contributed by atoms with Gasteiger partial charge in [-0.1, -0.05) is 0 Å². The fourth-order valence-corrected chi connectivity index (χ4v) is 0.863. The lowest BCUT2D eigenvalue weighted by atomic mass is 10.7. The lowest BCUT2D eigenvalue weighted by Gasteiger charge is -2.35. The maximum absolute atomic E-state index is 7.71. The summed E-state index contributed by atoms with van der Waals surface area (Å²) in [5, 5.41) is 18.6. The maximum atomic E-state index is 7.71. The minimum atomic E-state index is 0.333. The van der Waals surface area contributed by atoms with Crippen LogP contribution >= 0.6 is 0 Å². The normalized spacial score (nSPS) is 9.29. The monoisotopic (exact) mass is 200 g/mol. The molecule has 0 aliphatic heterocycles. The highest BCUT2D eigenvalue weighted by Crippen LogP contribution is 1.97. The fourth-order valence-electron chi connectivity index (χ4n) is 0.863. The van der Waals surface area contributed by atoms with Crippen LogP contribution in [-0.2, 0) is 0 Å². The van der Waals surface area contributed by atoms with Crippen molar-refractivity contribution in [2.24, 2.45) is 0 Å². The molecule has 0 aromatic rings. The molecule has 0 heterocycles. The van der Waals surface area contributed by atoms with Crippen LogP contribution in [0.5, 0.6) is 0 Å². The summed E-state index contributed by atoms with van der Waals surface area (Å²) < 4.78 is 0. The van der Waals surface area contributed by atoms with Gasteiger partial charge in [0.05, 0.1) is 0 Å². The Morgan fingerprint density at radius 2 is 0.857 bits per heavy atom. The number of guanidine groups is 2. The van der Waals surface area contributed by atoms with E-state index in [9.17, 15) is 0 Å². The van der Waals surface area contributed by atoms with Gasteiger partial charge in [0, 0.05) is 42.3 Å². The molecule has 0 saturated heterocycles. The Balaban J connectivity index is 4.46. The standard InChI is InChI=1S/C8H20N6/c1-11(2)7(9)13(5)14(6)8(10)12(3)4/h9-10H,1-6H3. The molecular formula is C8H20N6. The molecule has 0 amide bonds. The van der Waals surface area contributed by atoms with Crippen LogP contribution in [0.4, 0.5) is 0 Å². The van der Waals surface area contributed by atoms with Crippen molar-refractivity contribution < 1.29 is 0 Å². The number of nitrogens with zero attached hydrogens (tertiary/aromatic N) is 4. The highest BCUT2D eigenvalue weighted by Gasteiger charge is 2.15. The number of rotatable bonds is 0. The van der Waals surface area contributed by atoms with Gasteiger partial charge in [0.15, 0.2) is 0 Å². The fraction of sp³-hybridized carbons (Fsp3) is 0.750. The van der Waals surface area contributed by atoms with Crippen LogP contribution in [0.1, 0.15) is 0 Å². The van der Waals surface area contributed by atoms with Crippen LogP contribution in [0, 0.1) is 10.8 Å². The molecule has 14 heavy (non-hydrogen) atoms. The molecule has 0 unspecified atom stereocenters. The molecule has 6 nitrogen and oxygen atoms in total. The van der Waals surface area contributed by atoms with E-state index in [1.807, 2.05) is 0 Å². The molecule has 0 spiro atoms. The second kappa shape index (κ2) is 4.69. The summed E-state index contributed by atoms with van der Waals surface area (Å²) in [4.78, 5) is 3.36. The Labute approximate surface area is 85.7 Å². The van der Waals surface area contributed by atoms with E-state index in [-0.39, 0.29) is 0 Å². The van der Waals surface area contributed by atoms with Crippen LogP contribution in [0.3, 0.4) is 0 Å². The molecule has 0 atom stereocenters. The van der Waals surface area contributed by atoms with Crippen LogP contribution in [0.15, 0.2) is 0 Å². The van der Waals surface area contributed by atoms with E-state index in [2.05, 4.69) is 0 Å². The maximum Gasteiger partial charge on any atom is 0.212 e. The first kappa shape index (κ1) is 12.5. The zero-order valence-corrected chi connectivity index (χ0v) is 9.79. The van der Waals surface area contributed by atoms with E-state index in [4.69, 9.17) is 10.8 Å². The van der Waals surface area contributed by atoms with Gasteiger partial charge in [-0.15, -0.1) is 0 Å². The van der Waals surface area contributed by atoms with Gasteiger partial charge in [-0.05, 0) is 0 Å². The first-order valence-corrected chi connectivity index (χ1v) is 4.28. The molecule has 0 aliphatic carbocycles. The van der Waals surface area contributed by atoms with Gasteiger partial charge in [-0.3, -0.25) is 20.8 Å². The van der Waals surface area contributed by atoms with E-state index < -0.39 is 0 Å². The second-order valence-corrected chi connectivity index (χ2v) is 3.48. The molecule has 0 fully saturated rings. The predicted molar refractivity (Wildman–Crippen MR) is 58.4 cm³/mol. The summed E-state index contributed by atoms with van der Waals surface area (Å²) in [6.07, 6.45) is 0. The zero-order chi connectivity index (χ0) is 11.5. The first-order valence-electron chi connectivity index (χ1n) is 4.28. The second-order valence-electron chi connectivity index (χ2n) is 3.48. The smallest absolute Gasteiger partial charge is 0.212 e. The number of hydrogen-bond donors (Lipinski definition) is 2. The van der Waals surface area contributed by atoms with Gasteiger partial charge < -0.3 is 9.80 Å². The quantitative estimate of drug-likeness (QED) is 0.322. The number of hydrogen-bond acceptors (Lipinski definition) is 2. The van der Waals surface area contributed by atoms with Crippen LogP contribution in [-0.4, -0.2) is 74.0 Å². The molecule has 0 saturated carbocycles. The molecule has 82 valence electrons. The van der Waals surface area contributed by atoms with Gasteiger partial charge in [0.1, 0.15) is 0 Å². The third-order valence-electron chi connectivity index (χ3n) is 1.91. The van der Waals surface area contributed by atoms with Crippen molar-refractivity contribution in [3.63, 3.8) is 0 Å². The Hall–Kier alpha value is -1.46. The van der Waals surface area contributed by atoms with Crippen molar-refractivity contribution in [1.82, 2.24) is 19.8 Å². The van der Waals surface area contributed by atoms with E-state index in [0.29, 0.717) is 11.9 Å². The van der Waals surface area contributed by atoms with E-state index in [1.165, 1.54) is 0 Å². The predicted octanol–water partition coefficient (Wildman–Crippen LogP) is -0.242. The third kappa shape index (κ3) is 2.79. The Morgan fingerprint density at radius 3 is 1.00 bits per heavy atom. The summed E-state index contributed by atoms with van der Waals surface area (Å²) in [5.74, 6) is 0.665. The highest BCUT2D eigenvalue weighted by atomic mass is 15.7. The lowest BCUT2D eigenvalue weighted by molar-refractivity contribution is 0.162. The number of nitrogens with one attached hydrogen (secondary N) is 2. The van der Waals surface area contributed by atoms with Crippen molar-refractivity contribution in [3.05, 3.63) is 0 Å². The third-order valence-corrected chi connectivity index (χ3v) is 1.91. The molecular weight excluding hydrogens is 180 g/mol. The molecule has 0 bridgehead atoms. The van der Waals surface area contributed by atoms with Gasteiger partial charge in [-0.25, -0.2) is 0 Å². The molecule has 0 aromatic heterocycles. The molecule has 0 rings (SSSR count). The van der Waals surface area contributed by atoms with Crippen molar-refractivity contribution in [1.29, 1.82) is 10.8 Å². The summed E-state index contributed by atoms with van der Waals surface area (Å²) in [7, 11) is 10.7. The zero-order valence-electron chi connectivity index (χ0n) is 9.79. The van der Waals surface area contributed by atoms with E-state index in [1.54, 1.807) is 62.1 Å². The van der Waals surface area contributed by atoms with E-state index in [0.717, 1.165) is 0 Å². The molecule has 0 aliphatic rings. The Bertz CT molecular complexity index is 198. The topological polar surface area (TPSA) is 60.7 Å². The van der Waals surface area contributed by atoms with Gasteiger partial charge in [-0.2, -0.15) is 0 Å². The van der Waals surface area contributed by atoms with Gasteiger partial charge in [0.25, 0.3) is 0 Å². The summed E-state index contributed by atoms with van der Waals surface area (Å²) in [6, 6.07) is 0. The summed E-state index contributed by atoms with van der Waals surface area (Å²) in [5.41, 5.74) is 0. The van der Waals surface area contributed by atoms with E-state index >= 15 is 0 Å². The van der Waals surface area contributed by atoms with Gasteiger partial charge >= 0.3 is 0 Å². The van der Waals surface area contributed by atoms with Crippen LogP contribution in [0.25, 0.3) is 0 Å². The molecule has 0 aromatic carbocycles. The average molecular weight is 200 g/mol. The van der Waals surface area contributed by atoms with Crippen LogP contribution in [0.2, 0.25) is 0 Å². The highest BCUT2D eigenvalue weighted by molar-refractivity contribution is 5.81. The van der Waals surface area contributed by atoms with Gasteiger partial charge in [0.2, 0.25) is 11.9 Å². The number of hydrazine groups is 1. The Kier molecular flexibility index (Phi) is 4.20. The molecule has 0 radical (unpaired) electrons. The van der Waals surface area contributed by atoms with Crippen molar-refractivity contribution in [2.75, 3.05) is 42.3 Å².